The van der Waals surface area contributed by atoms with Crippen LogP contribution in [0.3, 0.4) is 0 Å². The lowest BCUT2D eigenvalue weighted by Crippen LogP contribution is -2.55. The molecule has 2 amide bonds. The van der Waals surface area contributed by atoms with E-state index in [1.54, 1.807) is 12.1 Å². The molecule has 2 aromatic rings. The standard InChI is InChI=1S/C21H22BrN3O2/c1-13-11-15(7-9-17(13)22)23-20(26)14-6-8-16-18(12-14)24(2)19-5-3-4-10-25(19)21(16)27/h6-9,11-12,19H,3-5,10H2,1-2H3,(H,23,26). The summed E-state index contributed by atoms with van der Waals surface area (Å²) >= 11 is 3.47. The number of nitrogens with one attached hydrogen (secondary N) is 1. The van der Waals surface area contributed by atoms with E-state index in [9.17, 15) is 9.59 Å². The summed E-state index contributed by atoms with van der Waals surface area (Å²) in [5, 5.41) is 2.94. The molecule has 0 aromatic heterocycles. The monoisotopic (exact) mass is 427 g/mol. The van der Waals surface area contributed by atoms with Gasteiger partial charge in [-0.25, -0.2) is 0 Å². The molecule has 1 N–H and O–H groups in total. The number of anilines is 2. The van der Waals surface area contributed by atoms with Crippen molar-refractivity contribution in [1.29, 1.82) is 0 Å². The summed E-state index contributed by atoms with van der Waals surface area (Å²) < 4.78 is 1.01. The molecule has 4 rings (SSSR count). The molecule has 0 bridgehead atoms. The van der Waals surface area contributed by atoms with Crippen LogP contribution in [0.1, 0.15) is 45.5 Å². The van der Waals surface area contributed by atoms with E-state index >= 15 is 0 Å². The van der Waals surface area contributed by atoms with Gasteiger partial charge in [0.05, 0.1) is 11.3 Å². The zero-order valence-corrected chi connectivity index (χ0v) is 17.0. The molecule has 0 saturated carbocycles. The SMILES string of the molecule is Cc1cc(NC(=O)c2ccc3c(c2)N(C)C2CCCCN2C3=O)ccc1Br. The number of fused-ring (bicyclic) bond motifs is 2. The van der Waals surface area contributed by atoms with Crippen molar-refractivity contribution < 1.29 is 9.59 Å². The van der Waals surface area contributed by atoms with E-state index in [1.807, 2.05) is 43.1 Å². The molecule has 2 aliphatic heterocycles. The lowest BCUT2D eigenvalue weighted by molar-refractivity contribution is 0.0589. The van der Waals surface area contributed by atoms with Gasteiger partial charge in [-0.1, -0.05) is 15.9 Å². The van der Waals surface area contributed by atoms with Gasteiger partial charge < -0.3 is 15.1 Å². The van der Waals surface area contributed by atoms with Gasteiger partial charge in [0.25, 0.3) is 11.8 Å². The molecule has 6 heteroatoms. The van der Waals surface area contributed by atoms with Crippen LogP contribution < -0.4 is 10.2 Å². The van der Waals surface area contributed by atoms with Crippen molar-refractivity contribution in [2.75, 3.05) is 23.8 Å². The van der Waals surface area contributed by atoms with Crippen LogP contribution >= 0.6 is 15.9 Å². The molecule has 1 fully saturated rings. The Labute approximate surface area is 167 Å². The number of carbonyl (C=O) groups excluding carboxylic acids is 2. The molecule has 1 unspecified atom stereocenters. The topological polar surface area (TPSA) is 52.7 Å². The Morgan fingerprint density at radius 1 is 1.19 bits per heavy atom. The summed E-state index contributed by atoms with van der Waals surface area (Å²) in [6.45, 7) is 2.79. The Kier molecular flexibility index (Phi) is 4.68. The van der Waals surface area contributed by atoms with Crippen molar-refractivity contribution in [2.24, 2.45) is 0 Å². The number of amides is 2. The van der Waals surface area contributed by atoms with E-state index in [2.05, 4.69) is 26.1 Å². The molecule has 5 nitrogen and oxygen atoms in total. The summed E-state index contributed by atoms with van der Waals surface area (Å²) in [6, 6.07) is 11.1. The molecule has 27 heavy (non-hydrogen) atoms. The number of carbonyl (C=O) groups is 2. The van der Waals surface area contributed by atoms with Gasteiger partial charge in [0.15, 0.2) is 0 Å². The molecule has 0 spiro atoms. The smallest absolute Gasteiger partial charge is 0.257 e. The number of piperidine rings is 1. The van der Waals surface area contributed by atoms with Crippen molar-refractivity contribution in [1.82, 2.24) is 4.90 Å². The van der Waals surface area contributed by atoms with Crippen LogP contribution in [0.5, 0.6) is 0 Å². The van der Waals surface area contributed by atoms with E-state index in [1.165, 1.54) is 0 Å². The average molecular weight is 428 g/mol. The van der Waals surface area contributed by atoms with Gasteiger partial charge in [-0.05, 0) is 68.1 Å². The fourth-order valence-electron chi connectivity index (χ4n) is 3.94. The first-order valence-electron chi connectivity index (χ1n) is 9.21. The lowest BCUT2D eigenvalue weighted by atomic mass is 9.97. The molecular formula is C21H22BrN3O2. The van der Waals surface area contributed by atoms with Crippen LogP contribution in [0.4, 0.5) is 11.4 Å². The Morgan fingerprint density at radius 2 is 2.00 bits per heavy atom. The van der Waals surface area contributed by atoms with Crippen LogP contribution in [0.25, 0.3) is 0 Å². The van der Waals surface area contributed by atoms with Crippen LogP contribution in [0.15, 0.2) is 40.9 Å². The maximum absolute atomic E-state index is 12.8. The molecule has 1 saturated heterocycles. The van der Waals surface area contributed by atoms with Crippen molar-refractivity contribution in [2.45, 2.75) is 32.4 Å². The number of rotatable bonds is 2. The quantitative estimate of drug-likeness (QED) is 0.771. The summed E-state index contributed by atoms with van der Waals surface area (Å²) in [5.74, 6) is -0.102. The second-order valence-electron chi connectivity index (χ2n) is 7.24. The second-order valence-corrected chi connectivity index (χ2v) is 8.09. The Balaban J connectivity index is 1.62. The Morgan fingerprint density at radius 3 is 2.78 bits per heavy atom. The van der Waals surface area contributed by atoms with Crippen molar-refractivity contribution in [3.63, 3.8) is 0 Å². The lowest BCUT2D eigenvalue weighted by Gasteiger charge is -2.46. The fraction of sp³-hybridized carbons (Fsp3) is 0.333. The maximum atomic E-state index is 12.8. The van der Waals surface area contributed by atoms with Gasteiger partial charge in [0, 0.05) is 29.3 Å². The van der Waals surface area contributed by atoms with Crippen molar-refractivity contribution in [3.8, 4) is 0 Å². The van der Waals surface area contributed by atoms with E-state index < -0.39 is 0 Å². The highest BCUT2D eigenvalue weighted by molar-refractivity contribution is 9.10. The summed E-state index contributed by atoms with van der Waals surface area (Å²) in [4.78, 5) is 29.7. The van der Waals surface area contributed by atoms with E-state index in [0.29, 0.717) is 11.1 Å². The van der Waals surface area contributed by atoms with Gasteiger partial charge in [0.2, 0.25) is 0 Å². The number of hydrogen-bond donors (Lipinski definition) is 1. The van der Waals surface area contributed by atoms with Crippen molar-refractivity contribution in [3.05, 3.63) is 57.6 Å². The van der Waals surface area contributed by atoms with Gasteiger partial charge in [-0.15, -0.1) is 0 Å². The molecule has 140 valence electrons. The number of hydrogen-bond acceptors (Lipinski definition) is 3. The third kappa shape index (κ3) is 3.23. The van der Waals surface area contributed by atoms with Crippen LogP contribution in [-0.2, 0) is 0 Å². The van der Waals surface area contributed by atoms with E-state index in [0.717, 1.165) is 47.2 Å². The minimum absolute atomic E-state index is 0.0725. The molecule has 0 radical (unpaired) electrons. The summed E-state index contributed by atoms with van der Waals surface area (Å²) in [6.07, 6.45) is 3.23. The van der Waals surface area contributed by atoms with Crippen molar-refractivity contribution >= 4 is 39.1 Å². The molecule has 0 aliphatic carbocycles. The molecular weight excluding hydrogens is 406 g/mol. The number of nitrogens with zero attached hydrogens (tertiary/aromatic N) is 2. The molecule has 1 atom stereocenters. The van der Waals surface area contributed by atoms with Gasteiger partial charge in [0.1, 0.15) is 6.17 Å². The maximum Gasteiger partial charge on any atom is 0.257 e. The predicted octanol–water partition coefficient (Wildman–Crippen LogP) is 4.41. The first-order chi connectivity index (χ1) is 13.0. The largest absolute Gasteiger partial charge is 0.354 e. The Bertz CT molecular complexity index is 928. The third-order valence-electron chi connectivity index (χ3n) is 5.47. The van der Waals surface area contributed by atoms with E-state index in [-0.39, 0.29) is 18.0 Å². The predicted molar refractivity (Wildman–Crippen MR) is 110 cm³/mol. The third-order valence-corrected chi connectivity index (χ3v) is 6.35. The van der Waals surface area contributed by atoms with Gasteiger partial charge >= 0.3 is 0 Å². The van der Waals surface area contributed by atoms with Crippen LogP contribution in [0.2, 0.25) is 0 Å². The van der Waals surface area contributed by atoms with E-state index in [4.69, 9.17) is 0 Å². The average Bonchev–Trinajstić information content (AvgIpc) is 2.68. The minimum atomic E-state index is -0.175. The van der Waals surface area contributed by atoms with Gasteiger partial charge in [-0.3, -0.25) is 9.59 Å². The Hall–Kier alpha value is -2.34. The number of benzene rings is 2. The highest BCUT2D eigenvalue weighted by atomic mass is 79.9. The first-order valence-corrected chi connectivity index (χ1v) is 10.0. The van der Waals surface area contributed by atoms with Crippen LogP contribution in [0, 0.1) is 6.92 Å². The normalized spacial score (nSPS) is 18.8. The summed E-state index contributed by atoms with van der Waals surface area (Å²) in [5.41, 5.74) is 3.87. The number of halogens is 1. The second kappa shape index (κ2) is 7.00. The number of aryl methyl sites for hydroxylation is 1. The molecule has 2 heterocycles. The van der Waals surface area contributed by atoms with Crippen LogP contribution in [-0.4, -0.2) is 36.5 Å². The fourth-order valence-corrected chi connectivity index (χ4v) is 4.19. The first kappa shape index (κ1) is 18.0. The molecule has 2 aromatic carbocycles. The highest BCUT2D eigenvalue weighted by Gasteiger charge is 2.37. The highest BCUT2D eigenvalue weighted by Crippen LogP contribution is 2.35. The zero-order valence-electron chi connectivity index (χ0n) is 15.5. The minimum Gasteiger partial charge on any atom is -0.354 e. The van der Waals surface area contributed by atoms with Gasteiger partial charge in [-0.2, -0.15) is 0 Å². The zero-order chi connectivity index (χ0) is 19.1. The molecule has 2 aliphatic rings. The summed E-state index contributed by atoms with van der Waals surface area (Å²) in [7, 11) is 2.01.